The molecule has 1 fully saturated rings. The van der Waals surface area contributed by atoms with E-state index in [4.69, 9.17) is 11.5 Å². The van der Waals surface area contributed by atoms with E-state index in [1.807, 2.05) is 0 Å². The Balaban J connectivity index is 2.68. The monoisotopic (exact) mass is 306 g/mol. The molecule has 7 nitrogen and oxygen atoms in total. The van der Waals surface area contributed by atoms with Gasteiger partial charge in [0, 0.05) is 18.8 Å². The third kappa shape index (κ3) is 3.42. The third-order valence-corrected chi connectivity index (χ3v) is 4.21. The van der Waals surface area contributed by atoms with Gasteiger partial charge in [-0.1, -0.05) is 19.3 Å². The van der Waals surface area contributed by atoms with Crippen molar-refractivity contribution >= 4 is 12.0 Å². The fraction of sp³-hybridized carbons (Fsp3) is 0.533. The summed E-state index contributed by atoms with van der Waals surface area (Å²) in [5, 5.41) is 21.5. The van der Waals surface area contributed by atoms with Crippen LogP contribution in [0.15, 0.2) is 12.3 Å². The van der Waals surface area contributed by atoms with E-state index in [-0.39, 0.29) is 28.4 Å². The topological polar surface area (TPSA) is 128 Å². The summed E-state index contributed by atoms with van der Waals surface area (Å²) in [4.78, 5) is 15.4. The molecule has 0 aliphatic heterocycles. The van der Waals surface area contributed by atoms with Crippen molar-refractivity contribution in [2.75, 3.05) is 6.54 Å². The van der Waals surface area contributed by atoms with Crippen molar-refractivity contribution in [3.05, 3.63) is 38.5 Å². The third-order valence-electron chi connectivity index (χ3n) is 4.21. The summed E-state index contributed by atoms with van der Waals surface area (Å²) in [5.41, 5.74) is 12.2. The number of hydrogen-bond donors (Lipinski definition) is 3. The largest absolute Gasteiger partial charge is 0.513 e. The number of nitrogens with two attached hydrogens (primary N) is 2. The first-order valence-corrected chi connectivity index (χ1v) is 7.53. The van der Waals surface area contributed by atoms with E-state index >= 15 is 0 Å². The Morgan fingerprint density at radius 3 is 2.73 bits per heavy atom. The molecule has 7 heteroatoms. The van der Waals surface area contributed by atoms with Gasteiger partial charge < -0.3 is 16.6 Å². The minimum Gasteiger partial charge on any atom is -0.513 e. The highest BCUT2D eigenvalue weighted by Crippen LogP contribution is 2.29. The van der Waals surface area contributed by atoms with Crippen LogP contribution in [-0.2, 0) is 0 Å². The van der Waals surface area contributed by atoms with Crippen LogP contribution < -0.4 is 22.0 Å². The summed E-state index contributed by atoms with van der Waals surface area (Å²) in [7, 11) is 0. The van der Waals surface area contributed by atoms with Crippen molar-refractivity contribution in [3.63, 3.8) is 0 Å². The van der Waals surface area contributed by atoms with E-state index in [0.717, 1.165) is 38.4 Å². The Kier molecular flexibility index (Phi) is 5.46. The maximum atomic E-state index is 11.6. The zero-order chi connectivity index (χ0) is 16.1. The first-order chi connectivity index (χ1) is 10.6. The smallest absolute Gasteiger partial charge is 0.258 e. The Bertz CT molecular complexity index is 653. The molecular formula is C15H22N4O3. The first-order valence-electron chi connectivity index (χ1n) is 7.53. The highest BCUT2D eigenvalue weighted by molar-refractivity contribution is 5.40. The lowest BCUT2D eigenvalue weighted by Gasteiger charge is -2.19. The molecule has 1 aliphatic rings. The number of pyridine rings is 1. The number of aliphatic hydroxyl groups excluding tert-OH is 1. The zero-order valence-electron chi connectivity index (χ0n) is 12.4. The molecule has 1 aliphatic carbocycles. The molecular weight excluding hydrogens is 284 g/mol. The predicted octanol–water partition coefficient (Wildman–Crippen LogP) is 0.301. The normalized spacial score (nSPS) is 19.8. The molecule has 22 heavy (non-hydrogen) atoms. The Morgan fingerprint density at radius 1 is 1.50 bits per heavy atom. The molecule has 0 amide bonds. The van der Waals surface area contributed by atoms with Crippen LogP contribution >= 0.6 is 0 Å². The van der Waals surface area contributed by atoms with E-state index in [0.29, 0.717) is 10.8 Å². The lowest BCUT2D eigenvalue weighted by molar-refractivity contribution is -0.387. The molecule has 5 N–H and O–H groups in total. The van der Waals surface area contributed by atoms with Gasteiger partial charge in [-0.25, -0.2) is 0 Å². The standard InChI is InChI=1S/C15H22N4O3/c16-7-13(17)11-6-12(14(9-20)18-8-11)15(19(21)22)10-4-2-1-3-5-10/h6,8-10,13,20H,1-5,7,16-17H2/b14-9-,15-12+. The maximum Gasteiger partial charge on any atom is 0.258 e. The molecule has 120 valence electrons. The number of aliphatic hydroxyl groups is 1. The first kappa shape index (κ1) is 16.4. The summed E-state index contributed by atoms with van der Waals surface area (Å²) in [6.07, 6.45) is 6.95. The molecule has 0 saturated heterocycles. The maximum absolute atomic E-state index is 11.6. The van der Waals surface area contributed by atoms with Crippen LogP contribution in [0.3, 0.4) is 0 Å². The molecule has 2 rings (SSSR count). The summed E-state index contributed by atoms with van der Waals surface area (Å²) in [5.74, 6) is -0.117. The van der Waals surface area contributed by atoms with Gasteiger partial charge in [-0.15, -0.1) is 0 Å². The van der Waals surface area contributed by atoms with Gasteiger partial charge in [-0.2, -0.15) is 0 Å². The molecule has 0 bridgehead atoms. The Morgan fingerprint density at radius 2 is 2.18 bits per heavy atom. The van der Waals surface area contributed by atoms with Crippen molar-refractivity contribution in [3.8, 4) is 0 Å². The molecule has 1 heterocycles. The van der Waals surface area contributed by atoms with Gasteiger partial charge in [0.15, 0.2) is 0 Å². The second-order valence-corrected chi connectivity index (χ2v) is 5.65. The van der Waals surface area contributed by atoms with Gasteiger partial charge in [0.25, 0.3) is 5.70 Å². The average molecular weight is 306 g/mol. The van der Waals surface area contributed by atoms with Gasteiger partial charge in [-0.05, 0) is 24.5 Å². The summed E-state index contributed by atoms with van der Waals surface area (Å²) < 4.78 is 0. The molecule has 1 atom stereocenters. The number of nitrogens with zero attached hydrogens (tertiary/aromatic N) is 2. The van der Waals surface area contributed by atoms with Crippen molar-refractivity contribution in [2.24, 2.45) is 17.4 Å². The van der Waals surface area contributed by atoms with E-state index in [9.17, 15) is 15.2 Å². The predicted molar refractivity (Wildman–Crippen MR) is 83.5 cm³/mol. The van der Waals surface area contributed by atoms with Crippen molar-refractivity contribution in [2.45, 2.75) is 38.1 Å². The highest BCUT2D eigenvalue weighted by Gasteiger charge is 2.28. The molecule has 1 aromatic heterocycles. The second kappa shape index (κ2) is 7.33. The van der Waals surface area contributed by atoms with Crippen LogP contribution in [0, 0.1) is 16.0 Å². The summed E-state index contributed by atoms with van der Waals surface area (Å²) >= 11 is 0. The number of rotatable bonds is 4. The number of hydrogen-bond acceptors (Lipinski definition) is 6. The Labute approximate surface area is 128 Å². The molecule has 0 radical (unpaired) electrons. The molecule has 0 aromatic carbocycles. The minimum atomic E-state index is -0.432. The quantitative estimate of drug-likeness (QED) is 0.542. The Hall–Kier alpha value is -1.99. The van der Waals surface area contributed by atoms with Crippen molar-refractivity contribution in [1.29, 1.82) is 0 Å². The van der Waals surface area contributed by atoms with Crippen LogP contribution in [-0.4, -0.2) is 21.6 Å². The van der Waals surface area contributed by atoms with E-state index in [1.165, 1.54) is 6.20 Å². The van der Waals surface area contributed by atoms with Crippen LogP contribution in [0.4, 0.5) is 0 Å². The lowest BCUT2D eigenvalue weighted by atomic mass is 9.86. The van der Waals surface area contributed by atoms with Crippen LogP contribution in [0.5, 0.6) is 0 Å². The van der Waals surface area contributed by atoms with Crippen molar-refractivity contribution < 1.29 is 10.0 Å². The van der Waals surface area contributed by atoms with Crippen LogP contribution in [0.2, 0.25) is 0 Å². The van der Waals surface area contributed by atoms with E-state index in [1.54, 1.807) is 6.07 Å². The molecule has 0 spiro atoms. The summed E-state index contributed by atoms with van der Waals surface area (Å²) in [6, 6.07) is 1.21. The van der Waals surface area contributed by atoms with Gasteiger partial charge in [0.05, 0.1) is 16.1 Å². The fourth-order valence-electron chi connectivity index (χ4n) is 2.98. The zero-order valence-corrected chi connectivity index (χ0v) is 12.4. The summed E-state index contributed by atoms with van der Waals surface area (Å²) in [6.45, 7) is 0.223. The van der Waals surface area contributed by atoms with E-state index in [2.05, 4.69) is 4.98 Å². The second-order valence-electron chi connectivity index (χ2n) is 5.65. The van der Waals surface area contributed by atoms with Crippen molar-refractivity contribution in [1.82, 2.24) is 4.98 Å². The number of aromatic nitrogens is 1. The SMILES string of the molecule is NCC(N)c1cnc(=C\O)/c(=C(\C2CCCCC2)[N+](=O)[O-])c1. The minimum absolute atomic E-state index is 0.117. The van der Waals surface area contributed by atoms with Gasteiger partial charge >= 0.3 is 0 Å². The molecule has 1 aromatic rings. The highest BCUT2D eigenvalue weighted by atomic mass is 16.6. The lowest BCUT2D eigenvalue weighted by Crippen LogP contribution is -2.36. The van der Waals surface area contributed by atoms with Gasteiger partial charge in [-0.3, -0.25) is 15.1 Å². The van der Waals surface area contributed by atoms with Crippen LogP contribution in [0.1, 0.15) is 43.7 Å². The van der Waals surface area contributed by atoms with Crippen LogP contribution in [0.25, 0.3) is 12.0 Å². The number of nitro groups is 1. The molecule has 1 saturated carbocycles. The van der Waals surface area contributed by atoms with E-state index < -0.39 is 6.04 Å². The van der Waals surface area contributed by atoms with Gasteiger partial charge in [0.1, 0.15) is 11.6 Å². The average Bonchev–Trinajstić information content (AvgIpc) is 2.55. The fourth-order valence-corrected chi connectivity index (χ4v) is 2.98. The molecule has 1 unspecified atom stereocenters. The van der Waals surface area contributed by atoms with Gasteiger partial charge in [0.2, 0.25) is 0 Å².